The van der Waals surface area contributed by atoms with Crippen molar-refractivity contribution >= 4 is 11.6 Å². The predicted molar refractivity (Wildman–Crippen MR) is 228 cm³/mol. The minimum absolute atomic E-state index is 0.0356. The lowest BCUT2D eigenvalue weighted by atomic mass is 9.87. The number of nitriles is 1. The van der Waals surface area contributed by atoms with Gasteiger partial charge in [0.05, 0.1) is 17.7 Å². The van der Waals surface area contributed by atoms with Gasteiger partial charge in [-0.05, 0) is 102 Å². The Balaban J connectivity index is 0. The van der Waals surface area contributed by atoms with Gasteiger partial charge in [-0.2, -0.15) is 5.26 Å². The van der Waals surface area contributed by atoms with Crippen molar-refractivity contribution in [3.8, 4) is 6.07 Å². The van der Waals surface area contributed by atoms with Crippen LogP contribution >= 0.6 is 0 Å². The van der Waals surface area contributed by atoms with E-state index in [1.54, 1.807) is 0 Å². The van der Waals surface area contributed by atoms with E-state index in [1.807, 2.05) is 35.4 Å². The molecule has 0 radical (unpaired) electrons. The van der Waals surface area contributed by atoms with Gasteiger partial charge in [0.1, 0.15) is 0 Å². The smallest absolute Gasteiger partial charge is 0.223 e. The van der Waals surface area contributed by atoms with Crippen LogP contribution in [0.4, 0.5) is 0 Å². The first-order chi connectivity index (χ1) is 24.6. The number of piperazine rings is 1. The third kappa shape index (κ3) is 23.4. The average molecular weight is 721 g/mol. The maximum atomic E-state index is 12.6. The molecule has 2 atom stereocenters. The minimum atomic E-state index is 0.0356. The van der Waals surface area contributed by atoms with Gasteiger partial charge in [-0.3, -0.25) is 9.79 Å². The normalized spacial score (nSPS) is 16.5. The summed E-state index contributed by atoms with van der Waals surface area (Å²) in [4.78, 5) is 21.8. The van der Waals surface area contributed by atoms with Gasteiger partial charge < -0.3 is 14.5 Å². The van der Waals surface area contributed by atoms with Crippen LogP contribution in [-0.4, -0.2) is 60.3 Å². The lowest BCUT2D eigenvalue weighted by Gasteiger charge is -2.38. The van der Waals surface area contributed by atoms with Crippen molar-refractivity contribution in [1.82, 2.24) is 9.80 Å². The molecular formula is C46H80N4O2. The molecule has 1 saturated heterocycles. The van der Waals surface area contributed by atoms with E-state index in [0.717, 1.165) is 89.0 Å². The number of aliphatic imine (C=N–C) groups is 1. The second kappa shape index (κ2) is 30.3. The zero-order chi connectivity index (χ0) is 40.1. The van der Waals surface area contributed by atoms with Crippen LogP contribution in [0.25, 0.3) is 0 Å². The molecule has 6 heteroatoms. The SMILES string of the molecule is CC/C=C/C=C(C#N)\C=C(/C)CCC.CCCOC(C)CC.C\C=C(C(/C(C)=N/C=C/CC)=C(/C)N1CCN(C(=O)CC(C)(C)C)CC1)\C(C)CC. The number of carbonyl (C=O) groups excluding carboxylic acids is 1. The first-order valence-electron chi connectivity index (χ1n) is 20.3. The number of ether oxygens (including phenoxy) is 1. The van der Waals surface area contributed by atoms with Gasteiger partial charge in [0.25, 0.3) is 0 Å². The topological polar surface area (TPSA) is 68.9 Å². The lowest BCUT2D eigenvalue weighted by molar-refractivity contribution is -0.134. The molecule has 1 aliphatic heterocycles. The molecule has 0 N–H and O–H groups in total. The molecule has 0 aromatic heterocycles. The van der Waals surface area contributed by atoms with Crippen LogP contribution in [0.1, 0.15) is 155 Å². The minimum Gasteiger partial charge on any atom is -0.379 e. The summed E-state index contributed by atoms with van der Waals surface area (Å²) < 4.78 is 5.34. The molecule has 1 heterocycles. The van der Waals surface area contributed by atoms with Crippen LogP contribution in [-0.2, 0) is 9.53 Å². The first kappa shape index (κ1) is 50.9. The van der Waals surface area contributed by atoms with E-state index >= 15 is 0 Å². The third-order valence-corrected chi connectivity index (χ3v) is 8.87. The van der Waals surface area contributed by atoms with Gasteiger partial charge in [0, 0.05) is 62.4 Å². The van der Waals surface area contributed by atoms with Crippen LogP contribution in [0.5, 0.6) is 0 Å². The molecule has 0 bridgehead atoms. The van der Waals surface area contributed by atoms with E-state index in [1.165, 1.54) is 22.4 Å². The van der Waals surface area contributed by atoms with Crippen molar-refractivity contribution in [1.29, 1.82) is 5.26 Å². The van der Waals surface area contributed by atoms with Gasteiger partial charge in [-0.25, -0.2) is 0 Å². The molecule has 1 amide bonds. The Labute approximate surface area is 322 Å². The van der Waals surface area contributed by atoms with Crippen LogP contribution in [0.3, 0.4) is 0 Å². The average Bonchev–Trinajstić information content (AvgIpc) is 3.11. The summed E-state index contributed by atoms with van der Waals surface area (Å²) in [7, 11) is 0. The van der Waals surface area contributed by atoms with E-state index in [-0.39, 0.29) is 11.3 Å². The molecule has 6 nitrogen and oxygen atoms in total. The van der Waals surface area contributed by atoms with Crippen molar-refractivity contribution in [3.05, 3.63) is 70.6 Å². The lowest BCUT2D eigenvalue weighted by Crippen LogP contribution is -2.49. The summed E-state index contributed by atoms with van der Waals surface area (Å²) in [6.07, 6.45) is 22.7. The van der Waals surface area contributed by atoms with E-state index in [0.29, 0.717) is 18.4 Å². The van der Waals surface area contributed by atoms with Crippen molar-refractivity contribution < 1.29 is 9.53 Å². The van der Waals surface area contributed by atoms with Crippen molar-refractivity contribution in [2.75, 3.05) is 32.8 Å². The Morgan fingerprint density at radius 3 is 1.96 bits per heavy atom. The maximum absolute atomic E-state index is 12.6. The Morgan fingerprint density at radius 1 is 0.904 bits per heavy atom. The number of amides is 1. The Bertz CT molecular complexity index is 1240. The van der Waals surface area contributed by atoms with Gasteiger partial charge in [-0.15, -0.1) is 0 Å². The summed E-state index contributed by atoms with van der Waals surface area (Å²) in [5.41, 5.74) is 7.02. The highest BCUT2D eigenvalue weighted by Gasteiger charge is 2.27. The zero-order valence-electron chi connectivity index (χ0n) is 36.5. The van der Waals surface area contributed by atoms with Gasteiger partial charge in [0.15, 0.2) is 0 Å². The largest absolute Gasteiger partial charge is 0.379 e. The quantitative estimate of drug-likeness (QED) is 0.0852. The molecule has 0 spiro atoms. The fourth-order valence-corrected chi connectivity index (χ4v) is 5.52. The molecule has 1 aliphatic rings. The number of hydrogen-bond donors (Lipinski definition) is 0. The molecule has 2 unspecified atom stereocenters. The Morgan fingerprint density at radius 2 is 1.50 bits per heavy atom. The number of nitrogens with zero attached hydrogens (tertiary/aromatic N) is 4. The molecule has 52 heavy (non-hydrogen) atoms. The molecule has 296 valence electrons. The van der Waals surface area contributed by atoms with E-state index in [2.05, 4.69) is 127 Å². The maximum Gasteiger partial charge on any atom is 0.223 e. The second-order valence-electron chi connectivity index (χ2n) is 15.0. The molecule has 0 saturated carbocycles. The second-order valence-corrected chi connectivity index (χ2v) is 15.0. The molecular weight excluding hydrogens is 641 g/mol. The van der Waals surface area contributed by atoms with Crippen molar-refractivity contribution in [3.63, 3.8) is 0 Å². The third-order valence-electron chi connectivity index (χ3n) is 8.87. The molecule has 0 aliphatic carbocycles. The number of allylic oxidation sites excluding steroid dienone is 11. The highest BCUT2D eigenvalue weighted by molar-refractivity contribution is 6.03. The van der Waals surface area contributed by atoms with Crippen LogP contribution in [0.2, 0.25) is 0 Å². The summed E-state index contributed by atoms with van der Waals surface area (Å²) >= 11 is 0. The Kier molecular flexibility index (Phi) is 29.7. The molecule has 0 aromatic carbocycles. The Hall–Kier alpha value is -3.17. The summed E-state index contributed by atoms with van der Waals surface area (Å²) in [6.45, 7) is 36.4. The summed E-state index contributed by atoms with van der Waals surface area (Å²) in [5, 5.41) is 8.85. The highest BCUT2D eigenvalue weighted by atomic mass is 16.5. The summed E-state index contributed by atoms with van der Waals surface area (Å²) in [6, 6.07) is 2.18. The molecule has 0 aromatic rings. The van der Waals surface area contributed by atoms with Gasteiger partial charge in [-0.1, -0.05) is 106 Å². The number of hydrogen-bond acceptors (Lipinski definition) is 5. The van der Waals surface area contributed by atoms with Crippen LogP contribution in [0.15, 0.2) is 75.6 Å². The first-order valence-corrected chi connectivity index (χ1v) is 20.3. The van der Waals surface area contributed by atoms with Crippen LogP contribution < -0.4 is 0 Å². The predicted octanol–water partition coefficient (Wildman–Crippen LogP) is 12.6. The van der Waals surface area contributed by atoms with Crippen molar-refractivity contribution in [2.45, 2.75) is 161 Å². The van der Waals surface area contributed by atoms with Gasteiger partial charge >= 0.3 is 0 Å². The fourth-order valence-electron chi connectivity index (χ4n) is 5.52. The zero-order valence-corrected chi connectivity index (χ0v) is 36.5. The molecule has 1 fully saturated rings. The van der Waals surface area contributed by atoms with E-state index in [4.69, 9.17) is 15.0 Å². The van der Waals surface area contributed by atoms with Crippen molar-refractivity contribution in [2.24, 2.45) is 16.3 Å². The van der Waals surface area contributed by atoms with Crippen LogP contribution in [0, 0.1) is 22.7 Å². The standard InChI is InChI=1S/C26H45N3O.C13H19N.C7H16O/c1-10-13-14-27-21(5)25(23(12-3)20(4)11-2)22(6)28-15-17-29(18-16-28)24(30)19-26(7,8)9;1-4-6-7-9-13(11-14)10-12(3)8-5-2;1-4-6-8-7(3)5-2/h12-14,20H,10-11,15-19H2,1-9H3;6-7,9-10H,4-5,8H2,1-3H3;7H,4-6H2,1-3H3/b14-13+,23-12-,25-22-,27-21+;7-6+,12-10+,13-9+;. The fraction of sp³-hybridized carbons (Fsp3) is 0.674. The van der Waals surface area contributed by atoms with E-state index in [9.17, 15) is 4.79 Å². The monoisotopic (exact) mass is 721 g/mol. The number of carbonyl (C=O) groups is 1. The number of rotatable bonds is 17. The summed E-state index contributed by atoms with van der Waals surface area (Å²) in [5.74, 6) is 0.759. The molecule has 1 rings (SSSR count). The van der Waals surface area contributed by atoms with E-state index < -0.39 is 0 Å². The van der Waals surface area contributed by atoms with Gasteiger partial charge in [0.2, 0.25) is 5.91 Å². The highest BCUT2D eigenvalue weighted by Crippen LogP contribution is 2.29.